The van der Waals surface area contributed by atoms with Crippen LogP contribution < -0.4 is 19.3 Å². The number of carbonyl (C=O) groups excluding carboxylic acids is 1. The zero-order valence-electron chi connectivity index (χ0n) is 17.8. The minimum Gasteiger partial charge on any atom is -0.454 e. The fourth-order valence-corrected chi connectivity index (χ4v) is 4.52. The number of likely N-dealkylation sites (N-methyl/N-ethyl adjacent to an activating group) is 1. The molecule has 0 spiro atoms. The number of fused-ring (bicyclic) bond motifs is 1. The largest absolute Gasteiger partial charge is 0.454 e. The first-order chi connectivity index (χ1) is 14.6. The summed E-state index contributed by atoms with van der Waals surface area (Å²) < 4.78 is 10.9. The van der Waals surface area contributed by atoms with Crippen molar-refractivity contribution < 1.29 is 24.1 Å². The van der Waals surface area contributed by atoms with Crippen LogP contribution in [0.1, 0.15) is 11.1 Å². The molecule has 160 valence electrons. The van der Waals surface area contributed by atoms with Gasteiger partial charge in [0.05, 0.1) is 33.2 Å². The summed E-state index contributed by atoms with van der Waals surface area (Å²) in [6.07, 6.45) is 2.08. The third kappa shape index (κ3) is 5.28. The van der Waals surface area contributed by atoms with E-state index in [0.29, 0.717) is 13.3 Å². The van der Waals surface area contributed by atoms with Gasteiger partial charge in [-0.1, -0.05) is 12.1 Å². The van der Waals surface area contributed by atoms with E-state index in [9.17, 15) is 4.79 Å². The summed E-state index contributed by atoms with van der Waals surface area (Å²) in [5.41, 5.74) is 2.53. The third-order valence-corrected chi connectivity index (χ3v) is 6.58. The van der Waals surface area contributed by atoms with Crippen molar-refractivity contribution >= 4 is 17.7 Å². The van der Waals surface area contributed by atoms with E-state index in [1.807, 2.05) is 11.0 Å². The van der Waals surface area contributed by atoms with Gasteiger partial charge in [0.2, 0.25) is 6.79 Å². The fourth-order valence-electron chi connectivity index (χ4n) is 4.11. The van der Waals surface area contributed by atoms with Crippen LogP contribution in [0.15, 0.2) is 47.4 Å². The average Bonchev–Trinajstić information content (AvgIpc) is 3.22. The zero-order chi connectivity index (χ0) is 20.9. The molecule has 30 heavy (non-hydrogen) atoms. The second-order valence-corrected chi connectivity index (χ2v) is 9.03. The normalized spacial score (nSPS) is 17.2. The van der Waals surface area contributed by atoms with Crippen molar-refractivity contribution in [2.24, 2.45) is 0 Å². The van der Waals surface area contributed by atoms with E-state index in [4.69, 9.17) is 9.47 Å². The lowest BCUT2D eigenvalue weighted by atomic mass is 10.1. The Morgan fingerprint density at radius 1 is 1.07 bits per heavy atom. The van der Waals surface area contributed by atoms with Crippen molar-refractivity contribution in [2.75, 3.05) is 52.8 Å². The van der Waals surface area contributed by atoms with E-state index in [1.165, 1.54) is 25.8 Å². The Bertz CT molecular complexity index is 866. The quantitative estimate of drug-likeness (QED) is 0.612. The van der Waals surface area contributed by atoms with Crippen LogP contribution in [-0.2, 0) is 17.9 Å². The maximum absolute atomic E-state index is 12.8. The van der Waals surface area contributed by atoms with E-state index in [-0.39, 0.29) is 5.91 Å². The highest BCUT2D eigenvalue weighted by Gasteiger charge is 2.26. The second-order valence-electron chi connectivity index (χ2n) is 8.15. The van der Waals surface area contributed by atoms with Gasteiger partial charge in [-0.2, -0.15) is 0 Å². The minimum absolute atomic E-state index is 0.260. The second kappa shape index (κ2) is 9.73. The third-order valence-electron chi connectivity index (χ3n) is 5.83. The van der Waals surface area contributed by atoms with Gasteiger partial charge in [0.25, 0.3) is 5.91 Å². The molecule has 2 N–H and O–H groups in total. The molecule has 2 aliphatic rings. The molecule has 1 atom stereocenters. The van der Waals surface area contributed by atoms with Gasteiger partial charge in [0.15, 0.2) is 18.0 Å². The molecule has 0 aliphatic carbocycles. The van der Waals surface area contributed by atoms with Crippen LogP contribution in [0.25, 0.3) is 0 Å². The highest BCUT2D eigenvalue weighted by atomic mass is 32.2. The Morgan fingerprint density at radius 2 is 1.77 bits per heavy atom. The Hall–Kier alpha value is -2.22. The summed E-state index contributed by atoms with van der Waals surface area (Å²) in [5, 5.41) is 0. The Balaban J connectivity index is 1.21. The van der Waals surface area contributed by atoms with Crippen LogP contribution in [-0.4, -0.2) is 63.6 Å². The van der Waals surface area contributed by atoms with Gasteiger partial charge >= 0.3 is 0 Å². The maximum atomic E-state index is 12.8. The summed E-state index contributed by atoms with van der Waals surface area (Å²) >= 11 is 1.75. The predicted molar refractivity (Wildman–Crippen MR) is 117 cm³/mol. The summed E-state index contributed by atoms with van der Waals surface area (Å²) in [4.78, 5) is 18.8. The van der Waals surface area contributed by atoms with E-state index >= 15 is 0 Å². The maximum Gasteiger partial charge on any atom is 0.278 e. The molecule has 6 nitrogen and oxygen atoms in total. The van der Waals surface area contributed by atoms with Crippen molar-refractivity contribution in [1.29, 1.82) is 0 Å². The van der Waals surface area contributed by atoms with Crippen LogP contribution in [0.2, 0.25) is 0 Å². The Labute approximate surface area is 182 Å². The molecule has 2 heterocycles. The van der Waals surface area contributed by atoms with Gasteiger partial charge in [-0.05, 0) is 36.6 Å². The van der Waals surface area contributed by atoms with E-state index < -0.39 is 0 Å². The van der Waals surface area contributed by atoms with Gasteiger partial charge in [-0.3, -0.25) is 4.79 Å². The Kier molecular flexibility index (Phi) is 6.82. The number of nitrogens with one attached hydrogen (secondary N) is 2. The van der Waals surface area contributed by atoms with Crippen LogP contribution in [0.3, 0.4) is 0 Å². The van der Waals surface area contributed by atoms with Gasteiger partial charge in [0, 0.05) is 16.0 Å². The number of hydrogen-bond donors (Lipinski definition) is 2. The number of hydrogen-bond acceptors (Lipinski definition) is 4. The molecular weight excluding hydrogens is 398 g/mol. The molecule has 4 rings (SSSR count). The molecule has 2 aromatic rings. The number of thioether (sulfide) groups is 1. The predicted octanol–water partition coefficient (Wildman–Crippen LogP) is 0.0792. The lowest BCUT2D eigenvalue weighted by Crippen LogP contribution is -3.14. The van der Waals surface area contributed by atoms with Gasteiger partial charge in [-0.15, -0.1) is 11.8 Å². The first-order valence-corrected chi connectivity index (χ1v) is 11.8. The number of rotatable bonds is 7. The van der Waals surface area contributed by atoms with Gasteiger partial charge in [-0.25, -0.2) is 0 Å². The molecular formula is C23H31N3O3S+2. The summed E-state index contributed by atoms with van der Waals surface area (Å²) in [5.74, 6) is 1.93. The lowest BCUT2D eigenvalue weighted by molar-refractivity contribution is -0.918. The van der Waals surface area contributed by atoms with Crippen molar-refractivity contribution in [2.45, 2.75) is 18.0 Å². The van der Waals surface area contributed by atoms with Crippen molar-refractivity contribution in [1.82, 2.24) is 4.90 Å². The van der Waals surface area contributed by atoms with Crippen molar-refractivity contribution in [3.63, 3.8) is 0 Å². The first-order valence-electron chi connectivity index (χ1n) is 10.5. The number of piperazine rings is 1. The molecule has 0 radical (unpaired) electrons. The molecule has 0 bridgehead atoms. The first kappa shape index (κ1) is 21.0. The van der Waals surface area contributed by atoms with Crippen LogP contribution in [0.5, 0.6) is 11.5 Å². The molecule has 1 saturated heterocycles. The van der Waals surface area contributed by atoms with Gasteiger partial charge < -0.3 is 24.2 Å². The van der Waals surface area contributed by atoms with Crippen LogP contribution in [0.4, 0.5) is 0 Å². The number of ether oxygens (including phenoxy) is 2. The lowest BCUT2D eigenvalue weighted by Gasteiger charge is -2.32. The number of carbonyl (C=O) groups is 1. The smallest absolute Gasteiger partial charge is 0.278 e. The summed E-state index contributed by atoms with van der Waals surface area (Å²) in [6, 6.07) is 14.8. The molecule has 1 unspecified atom stereocenters. The standard InChI is InChI=1S/C23H29N3O3S/c1-24(14-18-3-6-20(30-2)7-4-18)16-23(27)26-11-9-25(10-12-26)15-19-5-8-21-22(13-19)29-17-28-21/h3-8,13H,9-12,14-17H2,1-2H3/p+2. The zero-order valence-corrected chi connectivity index (χ0v) is 18.6. The molecule has 7 heteroatoms. The van der Waals surface area contributed by atoms with Crippen LogP contribution in [0, 0.1) is 0 Å². The highest BCUT2D eigenvalue weighted by Crippen LogP contribution is 2.32. The SMILES string of the molecule is CSc1ccc(C[NH+](C)CC(=O)N2CC[NH+](Cc3ccc4c(c3)OCO4)CC2)cc1. The van der Waals surface area contributed by atoms with Crippen molar-refractivity contribution in [3.05, 3.63) is 53.6 Å². The number of amides is 1. The summed E-state index contributed by atoms with van der Waals surface area (Å²) in [7, 11) is 2.10. The topological polar surface area (TPSA) is 47.7 Å². The van der Waals surface area contributed by atoms with E-state index in [0.717, 1.165) is 50.8 Å². The van der Waals surface area contributed by atoms with E-state index in [2.05, 4.69) is 49.7 Å². The molecule has 1 fully saturated rings. The fraction of sp³-hybridized carbons (Fsp3) is 0.435. The minimum atomic E-state index is 0.260. The number of quaternary nitrogens is 2. The van der Waals surface area contributed by atoms with Crippen molar-refractivity contribution in [3.8, 4) is 11.5 Å². The number of benzene rings is 2. The molecule has 2 aromatic carbocycles. The molecule has 0 saturated carbocycles. The molecule has 0 aromatic heterocycles. The highest BCUT2D eigenvalue weighted by molar-refractivity contribution is 7.98. The average molecular weight is 430 g/mol. The van der Waals surface area contributed by atoms with E-state index in [1.54, 1.807) is 11.8 Å². The molecule has 2 aliphatic heterocycles. The summed E-state index contributed by atoms with van der Waals surface area (Å²) in [6.45, 7) is 6.30. The van der Waals surface area contributed by atoms with Gasteiger partial charge in [0.1, 0.15) is 13.1 Å². The Morgan fingerprint density at radius 3 is 2.50 bits per heavy atom. The van der Waals surface area contributed by atoms with Crippen LogP contribution >= 0.6 is 11.8 Å². The number of nitrogens with zero attached hydrogens (tertiary/aromatic N) is 1. The monoisotopic (exact) mass is 429 g/mol. The molecule has 1 amide bonds.